The summed E-state index contributed by atoms with van der Waals surface area (Å²) in [5.41, 5.74) is 6.77. The first-order chi connectivity index (χ1) is 8.13. The van der Waals surface area contributed by atoms with Crippen molar-refractivity contribution in [3.05, 3.63) is 45.9 Å². The molecule has 0 aromatic heterocycles. The second-order valence-corrected chi connectivity index (χ2v) is 4.71. The van der Waals surface area contributed by atoms with Crippen LogP contribution in [0.2, 0.25) is 5.02 Å². The van der Waals surface area contributed by atoms with Crippen molar-refractivity contribution in [2.75, 3.05) is 13.1 Å². The minimum atomic E-state index is 0.433. The Bertz CT molecular complexity index is 418. The van der Waals surface area contributed by atoms with Crippen LogP contribution in [0.5, 0.6) is 0 Å². The fourth-order valence-corrected chi connectivity index (χ4v) is 1.90. The van der Waals surface area contributed by atoms with Crippen molar-refractivity contribution >= 4 is 33.5 Å². The highest BCUT2D eigenvalue weighted by atomic mass is 79.9. The van der Waals surface area contributed by atoms with Crippen molar-refractivity contribution < 1.29 is 0 Å². The zero-order chi connectivity index (χ0) is 12.7. The van der Waals surface area contributed by atoms with Crippen LogP contribution in [-0.4, -0.2) is 19.0 Å². The number of nitrogens with one attached hydrogen (secondary N) is 1. The van der Waals surface area contributed by atoms with Crippen LogP contribution >= 0.6 is 27.5 Å². The second-order valence-electron chi connectivity index (χ2n) is 3.42. The molecule has 0 spiro atoms. The topological polar surface area (TPSA) is 50.4 Å². The summed E-state index contributed by atoms with van der Waals surface area (Å²) in [4.78, 5) is 4.20. The molecule has 0 saturated carbocycles. The van der Waals surface area contributed by atoms with Gasteiger partial charge >= 0.3 is 0 Å². The third-order valence-corrected chi connectivity index (χ3v) is 3.11. The number of rotatable bonds is 5. The van der Waals surface area contributed by atoms with Gasteiger partial charge in [0, 0.05) is 22.6 Å². The number of guanidine groups is 1. The van der Waals surface area contributed by atoms with E-state index in [-0.39, 0.29) is 0 Å². The lowest BCUT2D eigenvalue weighted by Gasteiger charge is -2.04. The zero-order valence-corrected chi connectivity index (χ0v) is 11.8. The normalized spacial score (nSPS) is 11.3. The van der Waals surface area contributed by atoms with Crippen molar-refractivity contribution in [3.63, 3.8) is 0 Å². The number of nitrogens with two attached hydrogens (primary N) is 1. The lowest BCUT2D eigenvalue weighted by Crippen LogP contribution is -2.31. The maximum absolute atomic E-state index is 5.92. The van der Waals surface area contributed by atoms with Crippen LogP contribution in [0, 0.1) is 0 Å². The highest BCUT2D eigenvalue weighted by Crippen LogP contribution is 2.21. The molecule has 1 aromatic rings. The van der Waals surface area contributed by atoms with Gasteiger partial charge in [-0.05, 0) is 30.2 Å². The van der Waals surface area contributed by atoms with E-state index in [1.54, 1.807) is 6.08 Å². The van der Waals surface area contributed by atoms with Gasteiger partial charge in [-0.25, -0.2) is 0 Å². The summed E-state index contributed by atoms with van der Waals surface area (Å²) in [6.07, 6.45) is 2.52. The Morgan fingerprint density at radius 1 is 1.59 bits per heavy atom. The molecule has 0 radical (unpaired) electrons. The Labute approximate surface area is 115 Å². The van der Waals surface area contributed by atoms with Gasteiger partial charge in [-0.1, -0.05) is 33.6 Å². The Morgan fingerprint density at radius 3 is 3.06 bits per heavy atom. The fourth-order valence-electron chi connectivity index (χ4n) is 1.26. The van der Waals surface area contributed by atoms with Crippen LogP contribution in [0.4, 0.5) is 0 Å². The molecule has 0 fully saturated rings. The number of halogens is 2. The van der Waals surface area contributed by atoms with Gasteiger partial charge in [-0.2, -0.15) is 0 Å². The van der Waals surface area contributed by atoms with Gasteiger partial charge < -0.3 is 11.1 Å². The van der Waals surface area contributed by atoms with Crippen molar-refractivity contribution in [3.8, 4) is 0 Å². The average Bonchev–Trinajstić information content (AvgIpc) is 2.31. The maximum Gasteiger partial charge on any atom is 0.188 e. The summed E-state index contributed by atoms with van der Waals surface area (Å²) in [5.74, 6) is 0.433. The predicted molar refractivity (Wildman–Crippen MR) is 77.5 cm³/mol. The predicted octanol–water partition coefficient (Wildman–Crippen LogP) is 2.74. The van der Waals surface area contributed by atoms with Gasteiger partial charge in [0.2, 0.25) is 0 Å². The number of hydrogen-bond donors (Lipinski definition) is 2. The monoisotopic (exact) mass is 315 g/mol. The van der Waals surface area contributed by atoms with Gasteiger partial charge in [-0.15, -0.1) is 6.58 Å². The van der Waals surface area contributed by atoms with E-state index in [9.17, 15) is 0 Å². The van der Waals surface area contributed by atoms with Gasteiger partial charge in [0.05, 0.1) is 0 Å². The van der Waals surface area contributed by atoms with Crippen LogP contribution in [0.25, 0.3) is 0 Å². The van der Waals surface area contributed by atoms with Crippen molar-refractivity contribution in [1.29, 1.82) is 0 Å². The molecule has 0 bridgehead atoms. The molecule has 3 nitrogen and oxygen atoms in total. The molecule has 3 N–H and O–H groups in total. The molecule has 0 unspecified atom stereocenters. The maximum atomic E-state index is 5.92. The van der Waals surface area contributed by atoms with E-state index in [4.69, 9.17) is 17.3 Å². The van der Waals surface area contributed by atoms with Crippen molar-refractivity contribution in [1.82, 2.24) is 5.32 Å². The highest BCUT2D eigenvalue weighted by molar-refractivity contribution is 9.10. The summed E-state index contributed by atoms with van der Waals surface area (Å²) < 4.78 is 1.04. The van der Waals surface area contributed by atoms with Gasteiger partial charge in [-0.3, -0.25) is 4.99 Å². The first-order valence-electron chi connectivity index (χ1n) is 5.22. The first kappa shape index (κ1) is 14.1. The Hall–Kier alpha value is -1.000. The van der Waals surface area contributed by atoms with Crippen LogP contribution in [0.3, 0.4) is 0 Å². The molecule has 5 heteroatoms. The molecule has 0 atom stereocenters. The van der Waals surface area contributed by atoms with E-state index >= 15 is 0 Å². The summed E-state index contributed by atoms with van der Waals surface area (Å²) in [6.45, 7) is 4.83. The summed E-state index contributed by atoms with van der Waals surface area (Å²) in [5, 5.41) is 3.64. The van der Waals surface area contributed by atoms with Crippen LogP contribution in [-0.2, 0) is 6.42 Å². The molecule has 0 saturated heterocycles. The summed E-state index contributed by atoms with van der Waals surface area (Å²) in [7, 11) is 0. The average molecular weight is 317 g/mol. The molecule has 0 heterocycles. The minimum absolute atomic E-state index is 0.433. The molecular formula is C12H15BrClN3. The van der Waals surface area contributed by atoms with Crippen molar-refractivity contribution in [2.45, 2.75) is 6.42 Å². The lowest BCUT2D eigenvalue weighted by molar-refractivity contribution is 0.926. The molecule has 92 valence electrons. The smallest absolute Gasteiger partial charge is 0.188 e. The first-order valence-corrected chi connectivity index (χ1v) is 6.39. The van der Waals surface area contributed by atoms with Gasteiger partial charge in [0.15, 0.2) is 5.96 Å². The molecule has 0 amide bonds. The molecule has 1 rings (SSSR count). The van der Waals surface area contributed by atoms with Crippen LogP contribution < -0.4 is 11.1 Å². The van der Waals surface area contributed by atoms with E-state index in [2.05, 4.69) is 32.8 Å². The molecule has 0 aliphatic heterocycles. The third-order valence-electron chi connectivity index (χ3n) is 2.10. The van der Waals surface area contributed by atoms with Gasteiger partial charge in [0.25, 0.3) is 0 Å². The molecule has 17 heavy (non-hydrogen) atoms. The zero-order valence-electron chi connectivity index (χ0n) is 9.42. The lowest BCUT2D eigenvalue weighted by atomic mass is 10.1. The molecule has 1 aromatic carbocycles. The van der Waals surface area contributed by atoms with Crippen LogP contribution in [0.1, 0.15) is 5.56 Å². The minimum Gasteiger partial charge on any atom is -0.370 e. The second kappa shape index (κ2) is 7.35. The summed E-state index contributed by atoms with van der Waals surface area (Å²) in [6, 6.07) is 5.70. The van der Waals surface area contributed by atoms with E-state index in [1.165, 1.54) is 0 Å². The number of nitrogens with zero attached hydrogens (tertiary/aromatic N) is 1. The Kier molecular flexibility index (Phi) is 6.08. The van der Waals surface area contributed by atoms with E-state index in [0.29, 0.717) is 19.0 Å². The SMILES string of the molecule is C=CCNC(N)=NCCc1cc(Cl)ccc1Br. The summed E-state index contributed by atoms with van der Waals surface area (Å²) >= 11 is 9.39. The largest absolute Gasteiger partial charge is 0.370 e. The van der Waals surface area contributed by atoms with E-state index in [0.717, 1.165) is 21.5 Å². The standard InChI is InChI=1S/C12H15BrClN3/c1-2-6-16-12(15)17-7-5-9-8-10(14)3-4-11(9)13/h2-4,8H,1,5-7H2,(H3,15,16,17). The number of hydrogen-bond acceptors (Lipinski definition) is 1. The molecule has 0 aliphatic carbocycles. The Morgan fingerprint density at radius 2 is 2.35 bits per heavy atom. The number of benzene rings is 1. The van der Waals surface area contributed by atoms with Crippen molar-refractivity contribution in [2.24, 2.45) is 10.7 Å². The highest BCUT2D eigenvalue weighted by Gasteiger charge is 2.00. The van der Waals surface area contributed by atoms with E-state index in [1.807, 2.05) is 18.2 Å². The fraction of sp³-hybridized carbons (Fsp3) is 0.250. The third kappa shape index (κ3) is 5.24. The molecule has 0 aliphatic rings. The van der Waals surface area contributed by atoms with E-state index < -0.39 is 0 Å². The number of aliphatic imine (C=N–C) groups is 1. The van der Waals surface area contributed by atoms with Gasteiger partial charge in [0.1, 0.15) is 0 Å². The molecular weight excluding hydrogens is 302 g/mol. The Balaban J connectivity index is 2.50. The van der Waals surface area contributed by atoms with Crippen LogP contribution in [0.15, 0.2) is 40.3 Å². The quantitative estimate of drug-likeness (QED) is 0.498.